The summed E-state index contributed by atoms with van der Waals surface area (Å²) < 4.78 is 19.2. The van der Waals surface area contributed by atoms with Gasteiger partial charge in [0.2, 0.25) is 5.91 Å². The van der Waals surface area contributed by atoms with Crippen molar-refractivity contribution in [3.8, 4) is 0 Å². The Labute approximate surface area is 118 Å². The topological polar surface area (TPSA) is 64.3 Å². The van der Waals surface area contributed by atoms with Gasteiger partial charge in [-0.2, -0.15) is 0 Å². The normalized spacial score (nSPS) is 17.9. The van der Waals surface area contributed by atoms with Crippen LogP contribution in [0.2, 0.25) is 0 Å². The van der Waals surface area contributed by atoms with Crippen molar-refractivity contribution in [1.29, 1.82) is 0 Å². The number of benzene rings is 1. The fourth-order valence-corrected chi connectivity index (χ4v) is 2.38. The molecule has 1 aliphatic rings. The van der Waals surface area contributed by atoms with E-state index in [4.69, 9.17) is 10.5 Å². The first kappa shape index (κ1) is 14.9. The molecule has 0 aromatic heterocycles. The summed E-state index contributed by atoms with van der Waals surface area (Å²) in [6.45, 7) is 5.07. The molecule has 3 N–H and O–H groups in total. The van der Waals surface area contributed by atoms with E-state index >= 15 is 0 Å². The summed E-state index contributed by atoms with van der Waals surface area (Å²) in [6, 6.07) is 4.35. The van der Waals surface area contributed by atoms with E-state index in [0.29, 0.717) is 12.1 Å². The van der Waals surface area contributed by atoms with Crippen molar-refractivity contribution < 1.29 is 13.9 Å². The molecule has 2 rings (SSSR count). The summed E-state index contributed by atoms with van der Waals surface area (Å²) in [4.78, 5) is 11.0. The Hall–Kier alpha value is -1.46. The molecule has 110 valence electrons. The number of nitrogens with one attached hydrogen (secondary N) is 1. The van der Waals surface area contributed by atoms with Gasteiger partial charge in [0.25, 0.3) is 0 Å². The first-order chi connectivity index (χ1) is 9.50. The predicted octanol–water partition coefficient (Wildman–Crippen LogP) is 1.83. The van der Waals surface area contributed by atoms with Crippen molar-refractivity contribution in [2.75, 3.05) is 19.8 Å². The largest absolute Gasteiger partial charge is 0.381 e. The van der Waals surface area contributed by atoms with Crippen LogP contribution in [0.5, 0.6) is 0 Å². The lowest BCUT2D eigenvalue weighted by atomic mass is 9.82. The maximum Gasteiger partial charge on any atom is 0.248 e. The molecule has 0 aliphatic carbocycles. The number of halogens is 1. The van der Waals surface area contributed by atoms with Crippen LogP contribution in [0.25, 0.3) is 0 Å². The van der Waals surface area contributed by atoms with Gasteiger partial charge in [0, 0.05) is 37.4 Å². The van der Waals surface area contributed by atoms with Crippen molar-refractivity contribution in [2.24, 2.45) is 11.1 Å². The highest BCUT2D eigenvalue weighted by molar-refractivity contribution is 5.92. The summed E-state index contributed by atoms with van der Waals surface area (Å²) in [5, 5.41) is 3.29. The second-order valence-electron chi connectivity index (χ2n) is 5.70. The van der Waals surface area contributed by atoms with E-state index in [0.717, 1.165) is 32.6 Å². The molecule has 1 aromatic carbocycles. The van der Waals surface area contributed by atoms with Crippen LogP contribution in [0.1, 0.15) is 35.7 Å². The molecular weight excluding hydrogens is 259 g/mol. The highest BCUT2D eigenvalue weighted by atomic mass is 19.1. The Kier molecular flexibility index (Phi) is 4.73. The molecule has 0 unspecified atom stereocenters. The molecule has 0 spiro atoms. The number of nitrogens with two attached hydrogens (primary N) is 1. The van der Waals surface area contributed by atoms with Gasteiger partial charge in [0.05, 0.1) is 0 Å². The first-order valence-electron chi connectivity index (χ1n) is 6.87. The summed E-state index contributed by atoms with van der Waals surface area (Å²) in [7, 11) is 0. The second-order valence-corrected chi connectivity index (χ2v) is 5.70. The van der Waals surface area contributed by atoms with Crippen molar-refractivity contribution in [1.82, 2.24) is 5.32 Å². The highest BCUT2D eigenvalue weighted by Gasteiger charge is 2.26. The number of primary amides is 1. The average Bonchev–Trinajstić information content (AvgIpc) is 2.41. The maximum atomic E-state index is 13.8. The van der Waals surface area contributed by atoms with Gasteiger partial charge in [-0.25, -0.2) is 4.39 Å². The monoisotopic (exact) mass is 280 g/mol. The smallest absolute Gasteiger partial charge is 0.248 e. The molecule has 1 saturated heterocycles. The fourth-order valence-electron chi connectivity index (χ4n) is 2.38. The molecule has 5 heteroatoms. The molecule has 1 fully saturated rings. The Morgan fingerprint density at radius 3 is 2.75 bits per heavy atom. The summed E-state index contributed by atoms with van der Waals surface area (Å²) in [5.41, 5.74) is 6.07. The number of hydrogen-bond acceptors (Lipinski definition) is 3. The second kappa shape index (κ2) is 6.33. The van der Waals surface area contributed by atoms with E-state index in [2.05, 4.69) is 12.2 Å². The van der Waals surface area contributed by atoms with Crippen molar-refractivity contribution in [3.05, 3.63) is 35.1 Å². The molecule has 1 aliphatic heterocycles. The highest BCUT2D eigenvalue weighted by Crippen LogP contribution is 2.28. The molecule has 1 heterocycles. The summed E-state index contributed by atoms with van der Waals surface area (Å²) in [5.74, 6) is -1.01. The minimum Gasteiger partial charge on any atom is -0.381 e. The lowest BCUT2D eigenvalue weighted by molar-refractivity contribution is 0.0240. The molecule has 20 heavy (non-hydrogen) atoms. The standard InChI is InChI=1S/C15H21FN2O2/c1-15(4-6-20-7-5-15)10-18-9-12-3-2-11(14(17)19)8-13(12)16/h2-3,8,18H,4-7,9-10H2,1H3,(H2,17,19). The zero-order valence-electron chi connectivity index (χ0n) is 11.7. The van der Waals surface area contributed by atoms with Gasteiger partial charge in [-0.15, -0.1) is 0 Å². The van der Waals surface area contributed by atoms with Gasteiger partial charge in [0.15, 0.2) is 0 Å². The van der Waals surface area contributed by atoms with E-state index in [1.54, 1.807) is 12.1 Å². The lowest BCUT2D eigenvalue weighted by Gasteiger charge is -2.33. The Bertz CT molecular complexity index is 485. The van der Waals surface area contributed by atoms with Crippen LogP contribution in [0, 0.1) is 11.2 Å². The van der Waals surface area contributed by atoms with Crippen molar-refractivity contribution in [2.45, 2.75) is 26.3 Å². The third-order valence-electron chi connectivity index (χ3n) is 3.90. The van der Waals surface area contributed by atoms with E-state index in [1.165, 1.54) is 6.07 Å². The Morgan fingerprint density at radius 2 is 2.15 bits per heavy atom. The van der Waals surface area contributed by atoms with Gasteiger partial charge < -0.3 is 15.8 Å². The first-order valence-corrected chi connectivity index (χ1v) is 6.87. The summed E-state index contributed by atoms with van der Waals surface area (Å²) in [6.07, 6.45) is 2.03. The maximum absolute atomic E-state index is 13.8. The third kappa shape index (κ3) is 3.77. The van der Waals surface area contributed by atoms with Crippen LogP contribution < -0.4 is 11.1 Å². The quantitative estimate of drug-likeness (QED) is 0.865. The fraction of sp³-hybridized carbons (Fsp3) is 0.533. The number of rotatable bonds is 5. The number of hydrogen-bond donors (Lipinski definition) is 2. The van der Waals surface area contributed by atoms with Crippen molar-refractivity contribution in [3.63, 3.8) is 0 Å². The van der Waals surface area contributed by atoms with Crippen LogP contribution in [0.15, 0.2) is 18.2 Å². The van der Waals surface area contributed by atoms with E-state index in [1.807, 2.05) is 0 Å². The minimum atomic E-state index is -0.613. The Balaban J connectivity index is 1.89. The molecule has 0 atom stereocenters. The Morgan fingerprint density at radius 1 is 1.45 bits per heavy atom. The van der Waals surface area contributed by atoms with E-state index in [-0.39, 0.29) is 11.0 Å². The van der Waals surface area contributed by atoms with Crippen LogP contribution in [0.4, 0.5) is 4.39 Å². The van der Waals surface area contributed by atoms with Crippen LogP contribution in [0.3, 0.4) is 0 Å². The molecular formula is C15H21FN2O2. The molecule has 1 amide bonds. The minimum absolute atomic E-state index is 0.197. The predicted molar refractivity (Wildman–Crippen MR) is 74.8 cm³/mol. The molecule has 4 nitrogen and oxygen atoms in total. The van der Waals surface area contributed by atoms with Crippen molar-refractivity contribution >= 4 is 5.91 Å². The van der Waals surface area contributed by atoms with Crippen LogP contribution in [-0.4, -0.2) is 25.7 Å². The zero-order chi connectivity index (χ0) is 14.6. The number of carbonyl (C=O) groups excluding carboxylic acids is 1. The van der Waals surface area contributed by atoms with E-state index < -0.39 is 11.7 Å². The molecule has 0 saturated carbocycles. The SMILES string of the molecule is CC1(CNCc2ccc(C(N)=O)cc2F)CCOCC1. The summed E-state index contributed by atoms with van der Waals surface area (Å²) >= 11 is 0. The van der Waals surface area contributed by atoms with Gasteiger partial charge in [-0.05, 0) is 30.4 Å². The molecule has 0 radical (unpaired) electrons. The average molecular weight is 280 g/mol. The molecule has 0 bridgehead atoms. The van der Waals surface area contributed by atoms with Gasteiger partial charge in [-0.3, -0.25) is 4.79 Å². The number of amides is 1. The number of ether oxygens (including phenoxy) is 1. The third-order valence-corrected chi connectivity index (χ3v) is 3.90. The lowest BCUT2D eigenvalue weighted by Crippen LogP contribution is -2.36. The number of carbonyl (C=O) groups is 1. The molecule has 1 aromatic rings. The van der Waals surface area contributed by atoms with Crippen LogP contribution in [-0.2, 0) is 11.3 Å². The van der Waals surface area contributed by atoms with Crippen LogP contribution >= 0.6 is 0 Å². The van der Waals surface area contributed by atoms with Gasteiger partial charge in [-0.1, -0.05) is 13.0 Å². The van der Waals surface area contributed by atoms with Gasteiger partial charge in [0.1, 0.15) is 5.82 Å². The van der Waals surface area contributed by atoms with Gasteiger partial charge >= 0.3 is 0 Å². The zero-order valence-corrected chi connectivity index (χ0v) is 11.7. The van der Waals surface area contributed by atoms with E-state index in [9.17, 15) is 9.18 Å².